The monoisotopic (exact) mass is 240 g/mol. The van der Waals surface area contributed by atoms with Crippen molar-refractivity contribution in [2.24, 2.45) is 0 Å². The lowest BCUT2D eigenvalue weighted by atomic mass is 9.99. The number of hydrogen-bond acceptors (Lipinski definition) is 4. The van der Waals surface area contributed by atoms with Gasteiger partial charge in [0.05, 0.1) is 0 Å². The molecule has 0 bridgehead atoms. The first-order valence-electron chi connectivity index (χ1n) is 6.20. The van der Waals surface area contributed by atoms with Gasteiger partial charge in [-0.1, -0.05) is 12.1 Å². The summed E-state index contributed by atoms with van der Waals surface area (Å²) >= 11 is 0. The predicted molar refractivity (Wildman–Crippen MR) is 71.9 cm³/mol. The summed E-state index contributed by atoms with van der Waals surface area (Å²) in [7, 11) is 0. The quantitative estimate of drug-likeness (QED) is 0.844. The summed E-state index contributed by atoms with van der Waals surface area (Å²) in [6, 6.07) is 6.33. The number of nitrogens with zero attached hydrogens (tertiary/aromatic N) is 2. The first-order chi connectivity index (χ1) is 8.83. The van der Waals surface area contributed by atoms with E-state index in [1.807, 2.05) is 19.3 Å². The number of benzene rings is 1. The molecule has 92 valence electrons. The molecule has 4 heteroatoms. The van der Waals surface area contributed by atoms with E-state index in [1.54, 1.807) is 0 Å². The van der Waals surface area contributed by atoms with E-state index in [-0.39, 0.29) is 0 Å². The van der Waals surface area contributed by atoms with Crippen LogP contribution in [0.15, 0.2) is 30.6 Å². The number of rotatable bonds is 2. The van der Waals surface area contributed by atoms with Gasteiger partial charge in [-0.2, -0.15) is 0 Å². The lowest BCUT2D eigenvalue weighted by Gasteiger charge is -2.20. The average Bonchev–Trinajstić information content (AvgIpc) is 2.42. The molecular formula is C14H16N4. The number of nitrogens with one attached hydrogen (secondary N) is 2. The first-order valence-corrected chi connectivity index (χ1v) is 6.20. The minimum atomic E-state index is 0.660. The van der Waals surface area contributed by atoms with Gasteiger partial charge < -0.3 is 10.6 Å². The number of fused-ring (bicyclic) bond motifs is 1. The van der Waals surface area contributed by atoms with Gasteiger partial charge in [0.25, 0.3) is 0 Å². The maximum absolute atomic E-state index is 4.28. The predicted octanol–water partition coefficient (Wildman–Crippen LogP) is 2.17. The molecule has 1 aromatic heterocycles. The van der Waals surface area contributed by atoms with Crippen LogP contribution in [-0.4, -0.2) is 16.5 Å². The smallest absolute Gasteiger partial charge is 0.227 e. The van der Waals surface area contributed by atoms with Crippen molar-refractivity contribution in [3.8, 4) is 0 Å². The fourth-order valence-corrected chi connectivity index (χ4v) is 2.23. The van der Waals surface area contributed by atoms with Crippen molar-refractivity contribution >= 4 is 11.6 Å². The van der Waals surface area contributed by atoms with Gasteiger partial charge in [-0.3, -0.25) is 0 Å². The molecule has 0 fully saturated rings. The van der Waals surface area contributed by atoms with Crippen LogP contribution in [0.1, 0.15) is 16.7 Å². The molecule has 0 atom stereocenters. The van der Waals surface area contributed by atoms with Gasteiger partial charge in [0.2, 0.25) is 5.95 Å². The molecular weight excluding hydrogens is 224 g/mol. The molecule has 1 aliphatic rings. The third-order valence-electron chi connectivity index (χ3n) is 3.17. The van der Waals surface area contributed by atoms with Gasteiger partial charge >= 0.3 is 0 Å². The summed E-state index contributed by atoms with van der Waals surface area (Å²) in [4.78, 5) is 8.57. The Balaban J connectivity index is 1.90. The number of anilines is 2. The molecule has 0 saturated carbocycles. The standard InChI is InChI=1S/C14H16N4/c1-10-7-16-14(17-8-10)18-13-4-2-3-11-9-15-6-5-12(11)13/h2-4,7-8,15H,5-6,9H2,1H3,(H,16,17,18). The van der Waals surface area contributed by atoms with Gasteiger partial charge in [0, 0.05) is 24.6 Å². The summed E-state index contributed by atoms with van der Waals surface area (Å²) in [5.41, 5.74) is 4.93. The second-order valence-electron chi connectivity index (χ2n) is 4.58. The first kappa shape index (κ1) is 11.2. The fraction of sp³-hybridized carbons (Fsp3) is 0.286. The molecule has 1 aliphatic heterocycles. The minimum Gasteiger partial charge on any atom is -0.324 e. The summed E-state index contributed by atoms with van der Waals surface area (Å²) in [6.45, 7) is 3.96. The Morgan fingerprint density at radius 2 is 2.06 bits per heavy atom. The van der Waals surface area contributed by atoms with Gasteiger partial charge in [-0.05, 0) is 42.6 Å². The van der Waals surface area contributed by atoms with Crippen molar-refractivity contribution in [1.82, 2.24) is 15.3 Å². The van der Waals surface area contributed by atoms with Crippen molar-refractivity contribution < 1.29 is 0 Å². The average molecular weight is 240 g/mol. The molecule has 2 heterocycles. The molecule has 0 aliphatic carbocycles. The molecule has 3 rings (SSSR count). The van der Waals surface area contributed by atoms with E-state index in [4.69, 9.17) is 0 Å². The van der Waals surface area contributed by atoms with E-state index in [0.717, 1.165) is 30.8 Å². The highest BCUT2D eigenvalue weighted by molar-refractivity contribution is 5.61. The zero-order valence-corrected chi connectivity index (χ0v) is 10.4. The molecule has 18 heavy (non-hydrogen) atoms. The normalized spacial score (nSPS) is 14.1. The van der Waals surface area contributed by atoms with Crippen molar-refractivity contribution in [1.29, 1.82) is 0 Å². The fourth-order valence-electron chi connectivity index (χ4n) is 2.23. The van der Waals surface area contributed by atoms with Crippen molar-refractivity contribution in [2.75, 3.05) is 11.9 Å². The van der Waals surface area contributed by atoms with Gasteiger partial charge in [-0.25, -0.2) is 9.97 Å². The van der Waals surface area contributed by atoms with Crippen molar-refractivity contribution in [3.05, 3.63) is 47.3 Å². The molecule has 4 nitrogen and oxygen atoms in total. The SMILES string of the molecule is Cc1cnc(Nc2cccc3c2CCNC3)nc1. The van der Waals surface area contributed by atoms with Crippen LogP contribution in [0.5, 0.6) is 0 Å². The zero-order valence-electron chi connectivity index (χ0n) is 10.4. The number of aryl methyl sites for hydroxylation is 1. The van der Waals surface area contributed by atoms with Gasteiger partial charge in [0.15, 0.2) is 0 Å². The van der Waals surface area contributed by atoms with Crippen molar-refractivity contribution in [3.63, 3.8) is 0 Å². The molecule has 0 unspecified atom stereocenters. The number of hydrogen-bond donors (Lipinski definition) is 2. The van der Waals surface area contributed by atoms with E-state index in [1.165, 1.54) is 11.1 Å². The number of aromatic nitrogens is 2. The van der Waals surface area contributed by atoms with Crippen LogP contribution in [0.25, 0.3) is 0 Å². The van der Waals surface area contributed by atoms with Crippen LogP contribution < -0.4 is 10.6 Å². The van der Waals surface area contributed by atoms with E-state index in [0.29, 0.717) is 5.95 Å². The van der Waals surface area contributed by atoms with Crippen LogP contribution in [-0.2, 0) is 13.0 Å². The summed E-state index contributed by atoms with van der Waals surface area (Å²) in [5, 5.41) is 6.69. The molecule has 2 aromatic rings. The minimum absolute atomic E-state index is 0.660. The van der Waals surface area contributed by atoms with Crippen LogP contribution in [0.3, 0.4) is 0 Å². The largest absolute Gasteiger partial charge is 0.324 e. The summed E-state index contributed by atoms with van der Waals surface area (Å²) in [5.74, 6) is 0.660. The Bertz CT molecular complexity index is 548. The Hall–Kier alpha value is -1.94. The topological polar surface area (TPSA) is 49.8 Å². The van der Waals surface area contributed by atoms with Gasteiger partial charge in [-0.15, -0.1) is 0 Å². The van der Waals surface area contributed by atoms with Crippen LogP contribution in [0, 0.1) is 6.92 Å². The Morgan fingerprint density at radius 3 is 2.89 bits per heavy atom. The van der Waals surface area contributed by atoms with E-state index in [9.17, 15) is 0 Å². The Labute approximate surface area is 106 Å². The highest BCUT2D eigenvalue weighted by atomic mass is 15.1. The molecule has 0 amide bonds. The third-order valence-corrected chi connectivity index (χ3v) is 3.17. The Morgan fingerprint density at radius 1 is 1.22 bits per heavy atom. The summed E-state index contributed by atoms with van der Waals surface area (Å²) in [6.07, 6.45) is 4.70. The highest BCUT2D eigenvalue weighted by Gasteiger charge is 2.12. The maximum atomic E-state index is 4.28. The van der Waals surface area contributed by atoms with E-state index in [2.05, 4.69) is 38.8 Å². The van der Waals surface area contributed by atoms with E-state index < -0.39 is 0 Å². The molecule has 0 spiro atoms. The lowest BCUT2D eigenvalue weighted by Crippen LogP contribution is -2.24. The van der Waals surface area contributed by atoms with Crippen LogP contribution >= 0.6 is 0 Å². The molecule has 2 N–H and O–H groups in total. The highest BCUT2D eigenvalue weighted by Crippen LogP contribution is 2.24. The zero-order chi connectivity index (χ0) is 12.4. The lowest BCUT2D eigenvalue weighted by molar-refractivity contribution is 0.645. The van der Waals surface area contributed by atoms with Crippen molar-refractivity contribution in [2.45, 2.75) is 19.9 Å². The maximum Gasteiger partial charge on any atom is 0.227 e. The van der Waals surface area contributed by atoms with Crippen LogP contribution in [0.4, 0.5) is 11.6 Å². The van der Waals surface area contributed by atoms with Crippen LogP contribution in [0.2, 0.25) is 0 Å². The second-order valence-corrected chi connectivity index (χ2v) is 4.58. The Kier molecular flexibility index (Phi) is 2.94. The summed E-state index contributed by atoms with van der Waals surface area (Å²) < 4.78 is 0. The molecule has 0 saturated heterocycles. The third kappa shape index (κ3) is 2.19. The van der Waals surface area contributed by atoms with E-state index >= 15 is 0 Å². The molecule has 0 radical (unpaired) electrons. The second kappa shape index (κ2) is 4.74. The molecule has 1 aromatic carbocycles. The van der Waals surface area contributed by atoms with Gasteiger partial charge in [0.1, 0.15) is 0 Å².